The van der Waals surface area contributed by atoms with Crippen LogP contribution in [0.25, 0.3) is 11.0 Å². The van der Waals surface area contributed by atoms with Crippen LogP contribution in [0.5, 0.6) is 0 Å². The van der Waals surface area contributed by atoms with E-state index in [2.05, 4.69) is 20.2 Å². The lowest BCUT2D eigenvalue weighted by Gasteiger charge is -1.94. The van der Waals surface area contributed by atoms with E-state index in [1.807, 2.05) is 25.1 Å². The Morgan fingerprint density at radius 2 is 2.26 bits per heavy atom. The van der Waals surface area contributed by atoms with Crippen LogP contribution in [-0.4, -0.2) is 25.9 Å². The van der Waals surface area contributed by atoms with Gasteiger partial charge < -0.3 is 10.7 Å². The number of imidazole rings is 1. The van der Waals surface area contributed by atoms with Gasteiger partial charge in [-0.2, -0.15) is 0 Å². The Hall–Kier alpha value is -1.60. The zero-order valence-electron chi connectivity index (χ0n) is 10.4. The van der Waals surface area contributed by atoms with Crippen molar-refractivity contribution in [3.8, 4) is 0 Å². The highest BCUT2D eigenvalue weighted by molar-refractivity contribution is 8.01. The van der Waals surface area contributed by atoms with Crippen molar-refractivity contribution >= 4 is 39.8 Å². The number of nitrogens with zero attached hydrogens (tertiary/aromatic N) is 3. The van der Waals surface area contributed by atoms with E-state index in [0.29, 0.717) is 0 Å². The molecule has 0 unspecified atom stereocenters. The van der Waals surface area contributed by atoms with Gasteiger partial charge in [-0.1, -0.05) is 23.1 Å². The van der Waals surface area contributed by atoms with Crippen LogP contribution in [-0.2, 0) is 6.42 Å². The molecule has 19 heavy (non-hydrogen) atoms. The van der Waals surface area contributed by atoms with Crippen molar-refractivity contribution in [3.63, 3.8) is 0 Å². The standard InChI is InChI=1S/C12H13N5S2/c1-7-16-17-12(19-7)18-5-4-11-14-9-3-2-8(13)6-10(9)15-11/h2-3,6H,4-5,13H2,1H3,(H,14,15). The van der Waals surface area contributed by atoms with Crippen molar-refractivity contribution < 1.29 is 0 Å². The lowest BCUT2D eigenvalue weighted by molar-refractivity contribution is 0.975. The smallest absolute Gasteiger partial charge is 0.174 e. The lowest BCUT2D eigenvalue weighted by atomic mass is 10.3. The average molecular weight is 291 g/mol. The fraction of sp³-hybridized carbons (Fsp3) is 0.250. The number of nitrogens with two attached hydrogens (primary N) is 1. The van der Waals surface area contributed by atoms with Crippen LogP contribution in [0.1, 0.15) is 10.8 Å². The minimum absolute atomic E-state index is 0.751. The average Bonchev–Trinajstić information content (AvgIpc) is 2.95. The van der Waals surface area contributed by atoms with E-state index in [-0.39, 0.29) is 0 Å². The minimum Gasteiger partial charge on any atom is -0.399 e. The second kappa shape index (κ2) is 5.18. The topological polar surface area (TPSA) is 80.5 Å². The highest BCUT2D eigenvalue weighted by atomic mass is 32.2. The van der Waals surface area contributed by atoms with Crippen molar-refractivity contribution in [1.82, 2.24) is 20.2 Å². The number of anilines is 1. The molecule has 7 heteroatoms. The highest BCUT2D eigenvalue weighted by Crippen LogP contribution is 2.23. The van der Waals surface area contributed by atoms with Crippen LogP contribution >= 0.6 is 23.1 Å². The predicted molar refractivity (Wildman–Crippen MR) is 79.6 cm³/mol. The maximum atomic E-state index is 5.75. The molecule has 0 saturated heterocycles. The van der Waals surface area contributed by atoms with Gasteiger partial charge in [-0.05, 0) is 25.1 Å². The molecule has 0 aliphatic rings. The normalized spacial score (nSPS) is 11.2. The fourth-order valence-electron chi connectivity index (χ4n) is 1.77. The van der Waals surface area contributed by atoms with Gasteiger partial charge in [0.15, 0.2) is 4.34 Å². The molecule has 2 aromatic heterocycles. The van der Waals surface area contributed by atoms with Gasteiger partial charge in [0.1, 0.15) is 10.8 Å². The minimum atomic E-state index is 0.751. The third-order valence-corrected chi connectivity index (χ3v) is 4.60. The molecule has 3 aromatic rings. The number of benzene rings is 1. The quantitative estimate of drug-likeness (QED) is 0.570. The number of rotatable bonds is 4. The third kappa shape index (κ3) is 2.87. The van der Waals surface area contributed by atoms with E-state index in [1.54, 1.807) is 23.1 Å². The van der Waals surface area contributed by atoms with Crippen LogP contribution in [0.15, 0.2) is 22.5 Å². The van der Waals surface area contributed by atoms with Gasteiger partial charge in [0.2, 0.25) is 0 Å². The molecule has 0 atom stereocenters. The predicted octanol–water partition coefficient (Wildman–Crippen LogP) is 2.64. The maximum Gasteiger partial charge on any atom is 0.174 e. The van der Waals surface area contributed by atoms with E-state index >= 15 is 0 Å². The molecule has 5 nitrogen and oxygen atoms in total. The van der Waals surface area contributed by atoms with Crippen molar-refractivity contribution in [2.75, 3.05) is 11.5 Å². The molecule has 1 aromatic carbocycles. The van der Waals surface area contributed by atoms with Crippen LogP contribution in [0.3, 0.4) is 0 Å². The maximum absolute atomic E-state index is 5.75. The van der Waals surface area contributed by atoms with Crippen LogP contribution in [0, 0.1) is 6.92 Å². The van der Waals surface area contributed by atoms with E-state index in [4.69, 9.17) is 5.73 Å². The molecular weight excluding hydrogens is 278 g/mol. The summed E-state index contributed by atoms with van der Waals surface area (Å²) in [7, 11) is 0. The first-order valence-electron chi connectivity index (χ1n) is 5.88. The first kappa shape index (κ1) is 12.4. The number of fused-ring (bicyclic) bond motifs is 1. The van der Waals surface area contributed by atoms with Gasteiger partial charge in [-0.3, -0.25) is 0 Å². The summed E-state index contributed by atoms with van der Waals surface area (Å²) in [5, 5.41) is 9.08. The number of nitrogens with one attached hydrogen (secondary N) is 1. The lowest BCUT2D eigenvalue weighted by Crippen LogP contribution is -1.90. The Balaban J connectivity index is 1.65. The number of nitrogen functional groups attached to an aromatic ring is 1. The van der Waals surface area contributed by atoms with Crippen molar-refractivity contribution in [1.29, 1.82) is 0 Å². The molecule has 0 amide bonds. The number of thioether (sulfide) groups is 1. The zero-order valence-corrected chi connectivity index (χ0v) is 12.0. The summed E-state index contributed by atoms with van der Waals surface area (Å²) in [6.45, 7) is 1.96. The number of aromatic nitrogens is 4. The number of H-pyrrole nitrogens is 1. The van der Waals surface area contributed by atoms with Gasteiger partial charge in [0, 0.05) is 17.9 Å². The molecule has 2 heterocycles. The Bertz CT molecular complexity index is 703. The molecule has 98 valence electrons. The largest absolute Gasteiger partial charge is 0.399 e. The molecule has 0 saturated carbocycles. The third-order valence-electron chi connectivity index (χ3n) is 2.63. The molecular formula is C12H13N5S2. The summed E-state index contributed by atoms with van der Waals surface area (Å²) < 4.78 is 1.01. The SMILES string of the molecule is Cc1nnc(SCCc2nc3ccc(N)cc3[nH]2)s1. The van der Waals surface area contributed by atoms with Crippen molar-refractivity contribution in [2.45, 2.75) is 17.7 Å². The second-order valence-corrected chi connectivity index (χ2v) is 6.67. The summed E-state index contributed by atoms with van der Waals surface area (Å²) in [5.41, 5.74) is 8.45. The number of hydrogen-bond donors (Lipinski definition) is 2. The van der Waals surface area contributed by atoms with Crippen molar-refractivity contribution in [3.05, 3.63) is 29.0 Å². The molecule has 0 aliphatic heterocycles. The summed E-state index contributed by atoms with van der Waals surface area (Å²) in [4.78, 5) is 7.82. The van der Waals surface area contributed by atoms with Crippen LogP contribution in [0.2, 0.25) is 0 Å². The Morgan fingerprint density at radius 3 is 3.05 bits per heavy atom. The Labute approximate surface area is 118 Å². The van der Waals surface area contributed by atoms with Crippen LogP contribution < -0.4 is 5.73 Å². The van der Waals surface area contributed by atoms with E-state index in [1.165, 1.54) is 0 Å². The highest BCUT2D eigenvalue weighted by Gasteiger charge is 2.05. The van der Waals surface area contributed by atoms with Gasteiger partial charge in [0.05, 0.1) is 11.0 Å². The van der Waals surface area contributed by atoms with E-state index < -0.39 is 0 Å². The molecule has 3 N–H and O–H groups in total. The molecule has 3 rings (SSSR count). The van der Waals surface area contributed by atoms with E-state index in [0.717, 1.165) is 44.1 Å². The molecule has 0 spiro atoms. The first-order chi connectivity index (χ1) is 9.20. The van der Waals surface area contributed by atoms with Gasteiger partial charge in [0.25, 0.3) is 0 Å². The van der Waals surface area contributed by atoms with Crippen molar-refractivity contribution in [2.24, 2.45) is 0 Å². The number of aromatic amines is 1. The summed E-state index contributed by atoms with van der Waals surface area (Å²) in [6.07, 6.45) is 0.873. The fourth-order valence-corrected chi connectivity index (χ4v) is 3.60. The Kier molecular flexibility index (Phi) is 3.39. The van der Waals surface area contributed by atoms with Crippen LogP contribution in [0.4, 0.5) is 5.69 Å². The van der Waals surface area contributed by atoms with E-state index in [9.17, 15) is 0 Å². The van der Waals surface area contributed by atoms with Gasteiger partial charge in [-0.15, -0.1) is 10.2 Å². The molecule has 0 fully saturated rings. The number of aryl methyl sites for hydroxylation is 2. The molecule has 0 aliphatic carbocycles. The number of hydrogen-bond acceptors (Lipinski definition) is 6. The summed E-state index contributed by atoms with van der Waals surface area (Å²) in [5.74, 6) is 1.92. The van der Waals surface area contributed by atoms with Gasteiger partial charge >= 0.3 is 0 Å². The second-order valence-electron chi connectivity index (χ2n) is 4.15. The molecule has 0 bridgehead atoms. The van der Waals surface area contributed by atoms with Gasteiger partial charge in [-0.25, -0.2) is 4.98 Å². The molecule has 0 radical (unpaired) electrons. The first-order valence-corrected chi connectivity index (χ1v) is 7.68. The monoisotopic (exact) mass is 291 g/mol. The summed E-state index contributed by atoms with van der Waals surface area (Å²) in [6, 6.07) is 5.71. The Morgan fingerprint density at radius 1 is 1.37 bits per heavy atom. The summed E-state index contributed by atoms with van der Waals surface area (Å²) >= 11 is 3.33. The zero-order chi connectivity index (χ0) is 13.2.